The molecule has 2 aromatic rings. The second-order valence-corrected chi connectivity index (χ2v) is 11.6. The van der Waals surface area contributed by atoms with Crippen LogP contribution in [0.2, 0.25) is 0 Å². The molecule has 1 aromatic heterocycles. The van der Waals surface area contributed by atoms with Crippen LogP contribution in [-0.2, 0) is 15.3 Å². The minimum Gasteiger partial charge on any atom is -0.479 e. The van der Waals surface area contributed by atoms with E-state index >= 15 is 0 Å². The Kier molecular flexibility index (Phi) is 4.99. The number of aromatic nitrogens is 2. The average Bonchev–Trinajstić information content (AvgIpc) is 3.06. The van der Waals surface area contributed by atoms with Gasteiger partial charge in [0.25, 0.3) is 0 Å². The van der Waals surface area contributed by atoms with Crippen molar-refractivity contribution in [1.29, 1.82) is 0 Å². The predicted molar refractivity (Wildman–Crippen MR) is 109 cm³/mol. The minimum atomic E-state index is -4.60. The van der Waals surface area contributed by atoms with Gasteiger partial charge in [-0.2, -0.15) is 18.2 Å². The first-order chi connectivity index (χ1) is 15.7. The summed E-state index contributed by atoms with van der Waals surface area (Å²) in [7, 11) is -3.62. The van der Waals surface area contributed by atoms with Gasteiger partial charge in [-0.15, -0.1) is 0 Å². The third-order valence-corrected chi connectivity index (χ3v) is 8.05. The zero-order chi connectivity index (χ0) is 24.7. The summed E-state index contributed by atoms with van der Waals surface area (Å²) in [5.74, 6) is -2.68. The number of rotatable bonds is 6. The molecule has 0 amide bonds. The average molecular weight is 507 g/mol. The number of ether oxygens (including phenoxy) is 1. The highest BCUT2D eigenvalue weighted by Gasteiger charge is 2.64. The highest BCUT2D eigenvalue weighted by molar-refractivity contribution is 7.90. The van der Waals surface area contributed by atoms with Crippen molar-refractivity contribution < 1.29 is 39.6 Å². The number of hydrogen-bond donors (Lipinski definition) is 0. The second kappa shape index (κ2) is 7.28. The van der Waals surface area contributed by atoms with Gasteiger partial charge in [-0.25, -0.2) is 17.2 Å². The SMILES string of the molecule is CC(Oc1ccc(S(C)(=O)=O)cc1N1CC2CC2(c2noc(C3CC(F)(F)C3)n2)C1)C(F)(F)F. The van der Waals surface area contributed by atoms with Crippen molar-refractivity contribution in [2.24, 2.45) is 5.92 Å². The van der Waals surface area contributed by atoms with Crippen LogP contribution in [0.5, 0.6) is 5.75 Å². The van der Waals surface area contributed by atoms with Crippen molar-refractivity contribution in [2.75, 3.05) is 24.2 Å². The van der Waals surface area contributed by atoms with Crippen molar-refractivity contribution in [3.05, 3.63) is 29.9 Å². The monoisotopic (exact) mass is 507 g/mol. The lowest BCUT2D eigenvalue weighted by atomic mass is 9.81. The van der Waals surface area contributed by atoms with Crippen LogP contribution < -0.4 is 9.64 Å². The Morgan fingerprint density at radius 3 is 2.56 bits per heavy atom. The smallest absolute Gasteiger partial charge is 0.425 e. The Hall–Kier alpha value is -2.44. The van der Waals surface area contributed by atoms with Crippen molar-refractivity contribution in [3.63, 3.8) is 0 Å². The maximum absolute atomic E-state index is 13.2. The second-order valence-electron chi connectivity index (χ2n) is 9.56. The van der Waals surface area contributed by atoms with Gasteiger partial charge >= 0.3 is 6.18 Å². The molecule has 2 heterocycles. The molecule has 3 aliphatic rings. The molecule has 186 valence electrons. The van der Waals surface area contributed by atoms with Crippen LogP contribution in [0, 0.1) is 5.92 Å². The molecule has 3 atom stereocenters. The van der Waals surface area contributed by atoms with E-state index < -0.39 is 39.4 Å². The van der Waals surface area contributed by atoms with Crippen LogP contribution in [0.15, 0.2) is 27.6 Å². The summed E-state index contributed by atoms with van der Waals surface area (Å²) in [6.07, 6.45) is -5.65. The van der Waals surface area contributed by atoms with E-state index in [1.165, 1.54) is 18.2 Å². The molecule has 34 heavy (non-hydrogen) atoms. The van der Waals surface area contributed by atoms with Crippen molar-refractivity contribution >= 4 is 15.5 Å². The number of hydrogen-bond acceptors (Lipinski definition) is 7. The van der Waals surface area contributed by atoms with Crippen molar-refractivity contribution in [2.45, 2.75) is 60.6 Å². The maximum Gasteiger partial charge on any atom is 0.425 e. The molecule has 2 saturated carbocycles. The number of nitrogens with zero attached hydrogens (tertiary/aromatic N) is 3. The molecule has 5 rings (SSSR count). The van der Waals surface area contributed by atoms with Gasteiger partial charge in [0.2, 0.25) is 11.8 Å². The Balaban J connectivity index is 1.41. The molecule has 1 aliphatic heterocycles. The molecule has 3 fully saturated rings. The first kappa shape index (κ1) is 23.3. The van der Waals surface area contributed by atoms with Gasteiger partial charge in [0.15, 0.2) is 21.8 Å². The van der Waals surface area contributed by atoms with Gasteiger partial charge in [-0.1, -0.05) is 5.16 Å². The number of alkyl halides is 5. The molecule has 0 spiro atoms. The standard InChI is InChI=1S/C21H22F5N3O4S/c1-11(21(24,25)26)32-16-4-3-14(34(2,30)31)5-15(16)29-9-13-8-19(13,10-29)18-27-17(33-28-18)12-6-20(22,23)7-12/h3-5,11-13H,6-10H2,1-2H3. The first-order valence-corrected chi connectivity index (χ1v) is 12.6. The molecular formula is C21H22F5N3O4S. The topological polar surface area (TPSA) is 85.5 Å². The van der Waals surface area contributed by atoms with Crippen LogP contribution in [-0.4, -0.2) is 56.1 Å². The Labute approximate surface area is 192 Å². The Morgan fingerprint density at radius 2 is 1.94 bits per heavy atom. The first-order valence-electron chi connectivity index (χ1n) is 10.7. The van der Waals surface area contributed by atoms with Crippen LogP contribution in [0.3, 0.4) is 0 Å². The largest absolute Gasteiger partial charge is 0.479 e. The summed E-state index contributed by atoms with van der Waals surface area (Å²) in [5.41, 5.74) is -0.296. The van der Waals surface area contributed by atoms with E-state index in [0.29, 0.717) is 25.3 Å². The quantitative estimate of drug-likeness (QED) is 0.545. The number of halogens is 5. The summed E-state index contributed by atoms with van der Waals surface area (Å²) in [4.78, 5) is 6.08. The highest BCUT2D eigenvalue weighted by atomic mass is 32.2. The number of piperidine rings is 1. The van der Waals surface area contributed by atoms with Gasteiger partial charge < -0.3 is 14.2 Å². The van der Waals surface area contributed by atoms with Crippen LogP contribution in [0.25, 0.3) is 0 Å². The van der Waals surface area contributed by atoms with Gasteiger partial charge in [0.05, 0.1) is 16.0 Å². The number of sulfone groups is 1. The number of benzene rings is 1. The molecule has 13 heteroatoms. The van der Waals surface area contributed by atoms with Crippen LogP contribution in [0.1, 0.15) is 43.8 Å². The van der Waals surface area contributed by atoms with E-state index in [0.717, 1.165) is 13.2 Å². The van der Waals surface area contributed by atoms with E-state index in [-0.39, 0.29) is 41.0 Å². The molecule has 2 aliphatic carbocycles. The fourth-order valence-electron chi connectivity index (χ4n) is 4.78. The fourth-order valence-corrected chi connectivity index (χ4v) is 5.42. The molecule has 0 bridgehead atoms. The van der Waals surface area contributed by atoms with Crippen molar-refractivity contribution in [3.8, 4) is 5.75 Å². The number of anilines is 1. The molecule has 0 radical (unpaired) electrons. The lowest BCUT2D eigenvalue weighted by Gasteiger charge is -2.32. The van der Waals surface area contributed by atoms with E-state index in [1.54, 1.807) is 4.90 Å². The molecule has 1 aromatic carbocycles. The summed E-state index contributed by atoms with van der Waals surface area (Å²) >= 11 is 0. The van der Waals surface area contributed by atoms with Crippen LogP contribution >= 0.6 is 0 Å². The lowest BCUT2D eigenvalue weighted by molar-refractivity contribution is -0.189. The van der Waals surface area contributed by atoms with Gasteiger partial charge in [-0.05, 0) is 37.5 Å². The maximum atomic E-state index is 13.2. The normalized spacial score (nSPS) is 27.3. The third kappa shape index (κ3) is 4.01. The minimum absolute atomic E-state index is 0.0445. The van der Waals surface area contributed by atoms with E-state index in [1.807, 2.05) is 0 Å². The summed E-state index contributed by atoms with van der Waals surface area (Å²) in [6, 6.07) is 3.75. The summed E-state index contributed by atoms with van der Waals surface area (Å²) < 4.78 is 100. The Morgan fingerprint density at radius 1 is 1.24 bits per heavy atom. The van der Waals surface area contributed by atoms with Crippen LogP contribution in [0.4, 0.5) is 27.6 Å². The van der Waals surface area contributed by atoms with E-state index in [9.17, 15) is 30.4 Å². The molecular weight excluding hydrogens is 485 g/mol. The molecule has 1 saturated heterocycles. The highest BCUT2D eigenvalue weighted by Crippen LogP contribution is 2.60. The van der Waals surface area contributed by atoms with Gasteiger partial charge in [-0.3, -0.25) is 0 Å². The van der Waals surface area contributed by atoms with Crippen molar-refractivity contribution in [1.82, 2.24) is 10.1 Å². The van der Waals surface area contributed by atoms with Gasteiger partial charge in [0.1, 0.15) is 5.75 Å². The van der Waals surface area contributed by atoms with E-state index in [2.05, 4.69) is 10.1 Å². The summed E-state index contributed by atoms with van der Waals surface area (Å²) in [5, 5.41) is 4.02. The third-order valence-electron chi connectivity index (χ3n) is 6.94. The molecule has 0 N–H and O–H groups in total. The van der Waals surface area contributed by atoms with Gasteiger partial charge in [0, 0.05) is 38.1 Å². The predicted octanol–water partition coefficient (Wildman–Crippen LogP) is 4.09. The van der Waals surface area contributed by atoms with E-state index in [4.69, 9.17) is 9.26 Å². The number of fused-ring (bicyclic) bond motifs is 1. The molecule has 7 nitrogen and oxygen atoms in total. The summed E-state index contributed by atoms with van der Waals surface area (Å²) in [6.45, 7) is 1.61. The lowest BCUT2D eigenvalue weighted by Crippen LogP contribution is -2.34. The Bertz CT molecular complexity index is 1220. The fraction of sp³-hybridized carbons (Fsp3) is 0.619. The zero-order valence-electron chi connectivity index (χ0n) is 18.3. The zero-order valence-corrected chi connectivity index (χ0v) is 19.1. The molecule has 3 unspecified atom stereocenters.